The highest BCUT2D eigenvalue weighted by Crippen LogP contribution is 2.27. The molecule has 0 saturated carbocycles. The molecule has 6 nitrogen and oxygen atoms in total. The predicted molar refractivity (Wildman–Crippen MR) is 91.7 cm³/mol. The number of anilines is 1. The number of rotatable bonds is 4. The van der Waals surface area contributed by atoms with Gasteiger partial charge in [-0.3, -0.25) is 14.6 Å². The summed E-state index contributed by atoms with van der Waals surface area (Å²) in [7, 11) is 0. The first kappa shape index (κ1) is 16.6. The van der Waals surface area contributed by atoms with Crippen molar-refractivity contribution in [3.8, 4) is 0 Å². The van der Waals surface area contributed by atoms with E-state index in [4.69, 9.17) is 4.74 Å². The quantitative estimate of drug-likeness (QED) is 0.487. The highest BCUT2D eigenvalue weighted by molar-refractivity contribution is 6.29. The molecule has 1 fully saturated rings. The molecule has 1 aliphatic rings. The molecule has 25 heavy (non-hydrogen) atoms. The van der Waals surface area contributed by atoms with Gasteiger partial charge in [-0.15, -0.1) is 0 Å². The summed E-state index contributed by atoms with van der Waals surface area (Å²) in [4.78, 5) is 41.7. The van der Waals surface area contributed by atoms with Crippen LogP contribution >= 0.6 is 0 Å². The third-order valence-corrected chi connectivity index (χ3v) is 3.69. The molecule has 2 aromatic rings. The molecule has 1 aliphatic heterocycles. The summed E-state index contributed by atoms with van der Waals surface area (Å²) < 4.78 is 4.94. The fourth-order valence-electron chi connectivity index (χ4n) is 2.59. The molecule has 1 aromatic carbocycles. The van der Waals surface area contributed by atoms with Crippen molar-refractivity contribution in [2.75, 3.05) is 11.5 Å². The van der Waals surface area contributed by atoms with Crippen LogP contribution in [0.3, 0.4) is 0 Å². The summed E-state index contributed by atoms with van der Waals surface area (Å²) >= 11 is 0. The average molecular weight is 336 g/mol. The summed E-state index contributed by atoms with van der Waals surface area (Å²) in [6.07, 6.45) is 4.52. The Morgan fingerprint density at radius 2 is 2.00 bits per heavy atom. The van der Waals surface area contributed by atoms with Crippen molar-refractivity contribution in [3.05, 3.63) is 65.5 Å². The number of imide groups is 1. The zero-order valence-corrected chi connectivity index (χ0v) is 13.6. The van der Waals surface area contributed by atoms with Crippen LogP contribution in [0.2, 0.25) is 0 Å². The number of aromatic nitrogens is 1. The maximum absolute atomic E-state index is 12.6. The van der Waals surface area contributed by atoms with Gasteiger partial charge in [0.15, 0.2) is 0 Å². The lowest BCUT2D eigenvalue weighted by molar-refractivity contribution is -0.120. The van der Waals surface area contributed by atoms with Crippen molar-refractivity contribution >= 4 is 29.5 Å². The topological polar surface area (TPSA) is 76.6 Å². The van der Waals surface area contributed by atoms with Crippen molar-refractivity contribution in [1.82, 2.24) is 4.98 Å². The van der Waals surface area contributed by atoms with Gasteiger partial charge >= 0.3 is 5.97 Å². The number of amides is 2. The maximum atomic E-state index is 12.6. The molecule has 3 rings (SSSR count). The molecular weight excluding hydrogens is 320 g/mol. The van der Waals surface area contributed by atoms with E-state index in [1.807, 2.05) is 6.07 Å². The minimum absolute atomic E-state index is 0.0113. The summed E-state index contributed by atoms with van der Waals surface area (Å²) in [5.74, 6) is -1.12. The van der Waals surface area contributed by atoms with Crippen LogP contribution in [0.1, 0.15) is 29.3 Å². The van der Waals surface area contributed by atoms with Gasteiger partial charge in [0.1, 0.15) is 0 Å². The number of hydrogen-bond donors (Lipinski definition) is 0. The van der Waals surface area contributed by atoms with Crippen LogP contribution in [-0.4, -0.2) is 29.4 Å². The Kier molecular flexibility index (Phi) is 4.70. The number of ether oxygens (including phenoxy) is 1. The highest BCUT2D eigenvalue weighted by atomic mass is 16.5. The number of benzene rings is 1. The first-order chi connectivity index (χ1) is 12.1. The zero-order chi connectivity index (χ0) is 17.8. The van der Waals surface area contributed by atoms with Gasteiger partial charge in [-0.2, -0.15) is 0 Å². The molecule has 1 aromatic heterocycles. The van der Waals surface area contributed by atoms with E-state index in [0.717, 1.165) is 4.90 Å². The fourth-order valence-corrected chi connectivity index (χ4v) is 2.59. The molecule has 0 bridgehead atoms. The number of carbonyl (C=O) groups excluding carboxylic acids is 3. The lowest BCUT2D eigenvalue weighted by atomic mass is 10.1. The summed E-state index contributed by atoms with van der Waals surface area (Å²) in [6.45, 7) is 1.99. The van der Waals surface area contributed by atoms with E-state index in [0.29, 0.717) is 22.4 Å². The van der Waals surface area contributed by atoms with Crippen molar-refractivity contribution in [1.29, 1.82) is 0 Å². The normalized spacial score (nSPS) is 15.7. The monoisotopic (exact) mass is 336 g/mol. The maximum Gasteiger partial charge on any atom is 0.339 e. The SMILES string of the molecule is CCOC(=O)c1cncc(/C=C2\CC(=O)N(c3ccccc3)C2=O)c1. The molecule has 126 valence electrons. The summed E-state index contributed by atoms with van der Waals surface area (Å²) in [5.41, 5.74) is 1.76. The van der Waals surface area contributed by atoms with Crippen LogP contribution in [0.4, 0.5) is 5.69 Å². The van der Waals surface area contributed by atoms with E-state index < -0.39 is 5.97 Å². The van der Waals surface area contributed by atoms with Crippen LogP contribution in [0.15, 0.2) is 54.4 Å². The Bertz CT molecular complexity index is 859. The molecule has 2 amide bonds. The van der Waals surface area contributed by atoms with E-state index in [-0.39, 0.29) is 24.8 Å². The van der Waals surface area contributed by atoms with E-state index in [1.54, 1.807) is 43.3 Å². The number of para-hydroxylation sites is 1. The number of pyridine rings is 1. The standard InChI is InChI=1S/C19H16N2O4/c1-2-25-19(24)15-9-13(11-20-12-15)8-14-10-17(22)21(18(14)23)16-6-4-3-5-7-16/h3-9,11-12H,2,10H2,1H3/b14-8+. The third kappa shape index (κ3) is 3.47. The fraction of sp³-hybridized carbons (Fsp3) is 0.158. The third-order valence-electron chi connectivity index (χ3n) is 3.69. The second kappa shape index (κ2) is 7.09. The first-order valence-corrected chi connectivity index (χ1v) is 7.85. The van der Waals surface area contributed by atoms with Gasteiger partial charge < -0.3 is 4.74 Å². The molecule has 0 atom stereocenters. The minimum atomic E-state index is -0.477. The minimum Gasteiger partial charge on any atom is -0.462 e. The lowest BCUT2D eigenvalue weighted by Gasteiger charge is -2.12. The molecule has 0 spiro atoms. The average Bonchev–Trinajstić information content (AvgIpc) is 2.89. The molecule has 6 heteroatoms. The number of nitrogens with zero attached hydrogens (tertiary/aromatic N) is 2. The molecule has 0 aliphatic carbocycles. The molecule has 1 saturated heterocycles. The molecule has 0 radical (unpaired) electrons. The predicted octanol–water partition coefficient (Wildman–Crippen LogP) is 2.61. The van der Waals surface area contributed by atoms with Crippen LogP contribution in [-0.2, 0) is 14.3 Å². The van der Waals surface area contributed by atoms with E-state index in [2.05, 4.69) is 4.98 Å². The van der Waals surface area contributed by atoms with E-state index >= 15 is 0 Å². The van der Waals surface area contributed by atoms with Crippen molar-refractivity contribution in [2.24, 2.45) is 0 Å². The number of hydrogen-bond acceptors (Lipinski definition) is 5. The van der Waals surface area contributed by atoms with Crippen molar-refractivity contribution in [2.45, 2.75) is 13.3 Å². The second-order valence-corrected chi connectivity index (χ2v) is 5.44. The van der Waals surface area contributed by atoms with Crippen LogP contribution in [0.25, 0.3) is 6.08 Å². The number of carbonyl (C=O) groups is 3. The molecule has 2 heterocycles. The highest BCUT2D eigenvalue weighted by Gasteiger charge is 2.34. The molecule has 0 unspecified atom stereocenters. The zero-order valence-electron chi connectivity index (χ0n) is 13.6. The first-order valence-electron chi connectivity index (χ1n) is 7.85. The van der Waals surface area contributed by atoms with Crippen molar-refractivity contribution < 1.29 is 19.1 Å². The van der Waals surface area contributed by atoms with Gasteiger partial charge in [0, 0.05) is 18.0 Å². The Morgan fingerprint density at radius 3 is 2.72 bits per heavy atom. The van der Waals surface area contributed by atoms with E-state index in [9.17, 15) is 14.4 Å². The summed E-state index contributed by atoms with van der Waals surface area (Å²) in [5, 5.41) is 0. The van der Waals surface area contributed by atoms with Crippen LogP contribution < -0.4 is 4.90 Å². The van der Waals surface area contributed by atoms with Gasteiger partial charge in [0.05, 0.1) is 24.3 Å². The van der Waals surface area contributed by atoms with Gasteiger partial charge in [-0.25, -0.2) is 9.69 Å². The van der Waals surface area contributed by atoms with Gasteiger partial charge in [-0.1, -0.05) is 18.2 Å². The smallest absolute Gasteiger partial charge is 0.339 e. The Labute approximate surface area is 144 Å². The Balaban J connectivity index is 1.88. The van der Waals surface area contributed by atoms with Gasteiger partial charge in [-0.05, 0) is 36.8 Å². The number of esters is 1. The summed E-state index contributed by atoms with van der Waals surface area (Å²) in [6, 6.07) is 10.4. The van der Waals surface area contributed by atoms with Gasteiger partial charge in [0.25, 0.3) is 5.91 Å². The molecule has 0 N–H and O–H groups in total. The lowest BCUT2D eigenvalue weighted by Crippen LogP contribution is -2.28. The van der Waals surface area contributed by atoms with Crippen LogP contribution in [0.5, 0.6) is 0 Å². The molecular formula is C19H16N2O4. The van der Waals surface area contributed by atoms with E-state index in [1.165, 1.54) is 12.4 Å². The second-order valence-electron chi connectivity index (χ2n) is 5.44. The van der Waals surface area contributed by atoms with Crippen LogP contribution in [0, 0.1) is 0 Å². The largest absolute Gasteiger partial charge is 0.462 e. The Morgan fingerprint density at radius 1 is 1.24 bits per heavy atom. The van der Waals surface area contributed by atoms with Crippen molar-refractivity contribution in [3.63, 3.8) is 0 Å². The Hall–Kier alpha value is -3.28. The van der Waals surface area contributed by atoms with Gasteiger partial charge in [0.2, 0.25) is 5.91 Å².